The third kappa shape index (κ3) is 2.59. The van der Waals surface area contributed by atoms with E-state index < -0.39 is 0 Å². The fourth-order valence-corrected chi connectivity index (χ4v) is 2.02. The summed E-state index contributed by atoms with van der Waals surface area (Å²) < 4.78 is 0. The van der Waals surface area contributed by atoms with E-state index in [1.165, 1.54) is 0 Å². The van der Waals surface area contributed by atoms with Crippen LogP contribution in [0, 0.1) is 0 Å². The zero-order chi connectivity index (χ0) is 13.2. The summed E-state index contributed by atoms with van der Waals surface area (Å²) in [5.74, 6) is 0.0170. The molecule has 98 valence electrons. The van der Waals surface area contributed by atoms with Gasteiger partial charge in [-0.1, -0.05) is 0 Å². The predicted octanol–water partition coefficient (Wildman–Crippen LogP) is 1.51. The van der Waals surface area contributed by atoms with Crippen LogP contribution in [0.5, 0.6) is 0 Å². The van der Waals surface area contributed by atoms with Crippen LogP contribution in [0.15, 0.2) is 30.5 Å². The Morgan fingerprint density at radius 3 is 3.00 bits per heavy atom. The minimum absolute atomic E-state index is 0.0170. The lowest BCUT2D eigenvalue weighted by molar-refractivity contribution is -0.119. The van der Waals surface area contributed by atoms with Gasteiger partial charge in [0.1, 0.15) is 0 Å². The van der Waals surface area contributed by atoms with Crippen LogP contribution < -0.4 is 16.4 Å². The summed E-state index contributed by atoms with van der Waals surface area (Å²) in [4.78, 5) is 16.0. The van der Waals surface area contributed by atoms with Gasteiger partial charge in [0.05, 0.1) is 17.7 Å². The molecule has 5 nitrogen and oxygen atoms in total. The van der Waals surface area contributed by atoms with Crippen molar-refractivity contribution in [3.63, 3.8) is 0 Å². The minimum atomic E-state index is 0.0170. The van der Waals surface area contributed by atoms with E-state index >= 15 is 0 Å². The number of hydrogen-bond donors (Lipinski definition) is 3. The molecule has 3 rings (SSSR count). The highest BCUT2D eigenvalue weighted by atomic mass is 16.2. The first kappa shape index (κ1) is 11.8. The molecule has 0 bridgehead atoms. The molecule has 1 heterocycles. The van der Waals surface area contributed by atoms with Gasteiger partial charge in [0.25, 0.3) is 0 Å². The quantitative estimate of drug-likeness (QED) is 0.724. The highest BCUT2D eigenvalue weighted by Gasteiger charge is 2.22. The Kier molecular flexibility index (Phi) is 2.95. The van der Waals surface area contributed by atoms with Gasteiger partial charge < -0.3 is 16.4 Å². The SMILES string of the molecule is Nc1ccc(NCC(=O)NC2CC2)c2ncccc12. The smallest absolute Gasteiger partial charge is 0.239 e. The normalized spacial score (nSPS) is 14.3. The van der Waals surface area contributed by atoms with Crippen molar-refractivity contribution < 1.29 is 4.79 Å². The Morgan fingerprint density at radius 1 is 1.37 bits per heavy atom. The van der Waals surface area contributed by atoms with Crippen LogP contribution >= 0.6 is 0 Å². The Balaban J connectivity index is 1.76. The molecule has 1 fully saturated rings. The molecule has 1 saturated carbocycles. The second-order valence-corrected chi connectivity index (χ2v) is 4.80. The molecule has 0 radical (unpaired) electrons. The first-order chi connectivity index (χ1) is 9.24. The maximum Gasteiger partial charge on any atom is 0.239 e. The Hall–Kier alpha value is -2.30. The van der Waals surface area contributed by atoms with E-state index in [4.69, 9.17) is 5.73 Å². The maximum atomic E-state index is 11.7. The number of fused-ring (bicyclic) bond motifs is 1. The number of rotatable bonds is 4. The largest absolute Gasteiger partial charge is 0.398 e. The van der Waals surface area contributed by atoms with Crippen molar-refractivity contribution in [1.82, 2.24) is 10.3 Å². The molecule has 5 heteroatoms. The number of carbonyl (C=O) groups excluding carboxylic acids is 1. The molecule has 1 aliphatic carbocycles. The first-order valence-corrected chi connectivity index (χ1v) is 6.40. The molecule has 0 unspecified atom stereocenters. The Bertz CT molecular complexity index is 622. The van der Waals surface area contributed by atoms with Gasteiger partial charge in [-0.2, -0.15) is 0 Å². The van der Waals surface area contributed by atoms with Gasteiger partial charge >= 0.3 is 0 Å². The minimum Gasteiger partial charge on any atom is -0.398 e. The van der Waals surface area contributed by atoms with Gasteiger partial charge in [-0.3, -0.25) is 9.78 Å². The van der Waals surface area contributed by atoms with Crippen molar-refractivity contribution in [2.45, 2.75) is 18.9 Å². The average molecular weight is 256 g/mol. The van der Waals surface area contributed by atoms with Crippen LogP contribution in [0.4, 0.5) is 11.4 Å². The molecule has 4 N–H and O–H groups in total. The summed E-state index contributed by atoms with van der Waals surface area (Å²) in [5, 5.41) is 6.95. The number of nitrogens with two attached hydrogens (primary N) is 1. The van der Waals surface area contributed by atoms with Gasteiger partial charge in [-0.15, -0.1) is 0 Å². The van der Waals surface area contributed by atoms with Crippen molar-refractivity contribution in [1.29, 1.82) is 0 Å². The molecule has 2 aromatic rings. The summed E-state index contributed by atoms with van der Waals surface area (Å²) in [6.45, 7) is 0.256. The second kappa shape index (κ2) is 4.76. The predicted molar refractivity (Wildman–Crippen MR) is 75.8 cm³/mol. The molecule has 19 heavy (non-hydrogen) atoms. The van der Waals surface area contributed by atoms with Gasteiger partial charge in [-0.25, -0.2) is 0 Å². The fourth-order valence-electron chi connectivity index (χ4n) is 2.02. The van der Waals surface area contributed by atoms with Crippen molar-refractivity contribution in [3.05, 3.63) is 30.5 Å². The van der Waals surface area contributed by atoms with Crippen molar-refractivity contribution in [3.8, 4) is 0 Å². The average Bonchev–Trinajstić information content (AvgIpc) is 3.22. The van der Waals surface area contributed by atoms with Gasteiger partial charge in [0.15, 0.2) is 0 Å². The van der Waals surface area contributed by atoms with E-state index in [2.05, 4.69) is 15.6 Å². The van der Waals surface area contributed by atoms with Gasteiger partial charge in [0, 0.05) is 23.3 Å². The maximum absolute atomic E-state index is 11.7. The number of nitrogen functional groups attached to an aromatic ring is 1. The third-order valence-corrected chi connectivity index (χ3v) is 3.19. The van der Waals surface area contributed by atoms with Crippen LogP contribution in [-0.4, -0.2) is 23.5 Å². The van der Waals surface area contributed by atoms with Crippen LogP contribution in [-0.2, 0) is 4.79 Å². The van der Waals surface area contributed by atoms with E-state index in [0.717, 1.165) is 29.4 Å². The molecule has 0 aliphatic heterocycles. The van der Waals surface area contributed by atoms with E-state index in [1.54, 1.807) is 6.20 Å². The van der Waals surface area contributed by atoms with Crippen molar-refractivity contribution in [2.24, 2.45) is 0 Å². The molecule has 1 aliphatic rings. The summed E-state index contributed by atoms with van der Waals surface area (Å²) in [6.07, 6.45) is 3.91. The fraction of sp³-hybridized carbons (Fsp3) is 0.286. The molecule has 1 amide bonds. The number of nitrogens with one attached hydrogen (secondary N) is 2. The molecule has 1 aromatic carbocycles. The highest BCUT2D eigenvalue weighted by Crippen LogP contribution is 2.26. The number of anilines is 2. The summed E-state index contributed by atoms with van der Waals surface area (Å²) >= 11 is 0. The molecule has 0 atom stereocenters. The van der Waals surface area contributed by atoms with E-state index in [1.807, 2.05) is 24.3 Å². The van der Waals surface area contributed by atoms with Crippen LogP contribution in [0.3, 0.4) is 0 Å². The second-order valence-electron chi connectivity index (χ2n) is 4.80. The van der Waals surface area contributed by atoms with E-state index in [9.17, 15) is 4.79 Å². The lowest BCUT2D eigenvalue weighted by Crippen LogP contribution is -2.31. The lowest BCUT2D eigenvalue weighted by Gasteiger charge is -2.10. The summed E-state index contributed by atoms with van der Waals surface area (Å²) in [6, 6.07) is 7.84. The topological polar surface area (TPSA) is 80.0 Å². The van der Waals surface area contributed by atoms with Crippen molar-refractivity contribution in [2.75, 3.05) is 17.6 Å². The van der Waals surface area contributed by atoms with E-state index in [-0.39, 0.29) is 12.5 Å². The zero-order valence-electron chi connectivity index (χ0n) is 10.5. The van der Waals surface area contributed by atoms with E-state index in [0.29, 0.717) is 11.7 Å². The lowest BCUT2D eigenvalue weighted by atomic mass is 10.1. The number of benzene rings is 1. The monoisotopic (exact) mass is 256 g/mol. The first-order valence-electron chi connectivity index (χ1n) is 6.40. The number of aromatic nitrogens is 1. The number of amides is 1. The Morgan fingerprint density at radius 2 is 2.21 bits per heavy atom. The third-order valence-electron chi connectivity index (χ3n) is 3.19. The Labute approximate surface area is 111 Å². The number of carbonyl (C=O) groups is 1. The number of pyridine rings is 1. The van der Waals surface area contributed by atoms with Crippen LogP contribution in [0.2, 0.25) is 0 Å². The van der Waals surface area contributed by atoms with Gasteiger partial charge in [-0.05, 0) is 37.1 Å². The van der Waals surface area contributed by atoms with Crippen molar-refractivity contribution >= 4 is 28.2 Å². The molecule has 0 saturated heterocycles. The van der Waals surface area contributed by atoms with Crippen LogP contribution in [0.25, 0.3) is 10.9 Å². The van der Waals surface area contributed by atoms with Gasteiger partial charge in [0.2, 0.25) is 5.91 Å². The zero-order valence-corrected chi connectivity index (χ0v) is 10.5. The van der Waals surface area contributed by atoms with Crippen LogP contribution in [0.1, 0.15) is 12.8 Å². The highest BCUT2D eigenvalue weighted by molar-refractivity contribution is 5.99. The molecule has 1 aromatic heterocycles. The molecular formula is C14H16N4O. The summed E-state index contributed by atoms with van der Waals surface area (Å²) in [5.41, 5.74) is 8.22. The molecular weight excluding hydrogens is 240 g/mol. The number of nitrogens with zero attached hydrogens (tertiary/aromatic N) is 1. The number of hydrogen-bond acceptors (Lipinski definition) is 4. The standard InChI is InChI=1S/C14H16N4O/c15-11-5-6-12(14-10(11)2-1-7-16-14)17-8-13(19)18-9-3-4-9/h1-2,5-7,9,17H,3-4,8,15H2,(H,18,19). The molecule has 0 spiro atoms. The summed E-state index contributed by atoms with van der Waals surface area (Å²) in [7, 11) is 0.